The van der Waals surface area contributed by atoms with Gasteiger partial charge in [0.2, 0.25) is 5.91 Å². The predicted octanol–water partition coefficient (Wildman–Crippen LogP) is 0.752. The van der Waals surface area contributed by atoms with Gasteiger partial charge in [-0.1, -0.05) is 12.8 Å². The number of amides is 1. The summed E-state index contributed by atoms with van der Waals surface area (Å²) in [5, 5.41) is 2.94. The van der Waals surface area contributed by atoms with E-state index >= 15 is 0 Å². The Hall–Kier alpha value is -0.260. The van der Waals surface area contributed by atoms with Gasteiger partial charge in [-0.2, -0.15) is 11.8 Å². The minimum absolute atomic E-state index is 0.109. The van der Waals surface area contributed by atoms with Crippen molar-refractivity contribution in [1.82, 2.24) is 5.32 Å². The smallest absolute Gasteiger partial charge is 0.239 e. The summed E-state index contributed by atoms with van der Waals surface area (Å²) in [5.74, 6) is -0.109. The second-order valence-corrected chi connectivity index (χ2v) is 5.65. The SMILES string of the molecule is COCC(N)C(=O)NCC1(SC)CCCC1. The highest BCUT2D eigenvalue weighted by Gasteiger charge is 2.33. The molecule has 0 bridgehead atoms. The van der Waals surface area contributed by atoms with Crippen LogP contribution < -0.4 is 11.1 Å². The van der Waals surface area contributed by atoms with Crippen molar-refractivity contribution in [3.63, 3.8) is 0 Å². The van der Waals surface area contributed by atoms with Crippen LogP contribution in [0.5, 0.6) is 0 Å². The molecule has 94 valence electrons. The normalized spacial score (nSPS) is 20.7. The Kier molecular flexibility index (Phi) is 5.58. The first-order chi connectivity index (χ1) is 7.63. The van der Waals surface area contributed by atoms with E-state index in [0.29, 0.717) is 0 Å². The maximum absolute atomic E-state index is 11.6. The lowest BCUT2D eigenvalue weighted by molar-refractivity contribution is -0.123. The van der Waals surface area contributed by atoms with E-state index in [1.807, 2.05) is 11.8 Å². The molecule has 1 aliphatic rings. The van der Waals surface area contributed by atoms with Gasteiger partial charge in [0.05, 0.1) is 6.61 Å². The highest BCUT2D eigenvalue weighted by atomic mass is 32.2. The number of thioether (sulfide) groups is 1. The van der Waals surface area contributed by atoms with Gasteiger partial charge in [-0.15, -0.1) is 0 Å². The molecule has 0 saturated heterocycles. The molecule has 4 nitrogen and oxygen atoms in total. The number of carbonyl (C=O) groups excluding carboxylic acids is 1. The fraction of sp³-hybridized carbons (Fsp3) is 0.909. The highest BCUT2D eigenvalue weighted by Crippen LogP contribution is 2.39. The van der Waals surface area contributed by atoms with Crippen LogP contribution in [-0.4, -0.2) is 43.2 Å². The second kappa shape index (κ2) is 6.47. The van der Waals surface area contributed by atoms with Gasteiger partial charge in [0.25, 0.3) is 0 Å². The Labute approximate surface area is 102 Å². The van der Waals surface area contributed by atoms with Gasteiger partial charge in [-0.05, 0) is 19.1 Å². The Morgan fingerprint density at radius 1 is 1.56 bits per heavy atom. The average molecular weight is 246 g/mol. The van der Waals surface area contributed by atoms with Gasteiger partial charge in [-0.3, -0.25) is 4.79 Å². The van der Waals surface area contributed by atoms with Crippen molar-refractivity contribution in [2.45, 2.75) is 36.5 Å². The lowest BCUT2D eigenvalue weighted by atomic mass is 10.1. The van der Waals surface area contributed by atoms with Crippen LogP contribution in [0.4, 0.5) is 0 Å². The van der Waals surface area contributed by atoms with Crippen molar-refractivity contribution in [1.29, 1.82) is 0 Å². The summed E-state index contributed by atoms with van der Waals surface area (Å²) >= 11 is 1.86. The number of rotatable bonds is 6. The van der Waals surface area contributed by atoms with Crippen LogP contribution in [0.2, 0.25) is 0 Å². The van der Waals surface area contributed by atoms with E-state index in [1.165, 1.54) is 25.7 Å². The van der Waals surface area contributed by atoms with Crippen LogP contribution in [-0.2, 0) is 9.53 Å². The van der Waals surface area contributed by atoms with Crippen molar-refractivity contribution >= 4 is 17.7 Å². The van der Waals surface area contributed by atoms with E-state index in [-0.39, 0.29) is 17.3 Å². The summed E-state index contributed by atoms with van der Waals surface area (Å²) < 4.78 is 5.10. The molecule has 1 amide bonds. The summed E-state index contributed by atoms with van der Waals surface area (Å²) in [4.78, 5) is 11.6. The molecule has 1 unspecified atom stereocenters. The molecule has 0 radical (unpaired) electrons. The third kappa shape index (κ3) is 3.64. The number of carbonyl (C=O) groups is 1. The van der Waals surface area contributed by atoms with Gasteiger partial charge in [0.15, 0.2) is 0 Å². The number of nitrogens with one attached hydrogen (secondary N) is 1. The molecule has 3 N–H and O–H groups in total. The minimum atomic E-state index is -0.551. The lowest BCUT2D eigenvalue weighted by Crippen LogP contribution is -2.47. The van der Waals surface area contributed by atoms with E-state index in [9.17, 15) is 4.79 Å². The fourth-order valence-electron chi connectivity index (χ4n) is 2.11. The second-order valence-electron chi connectivity index (χ2n) is 4.37. The summed E-state index contributed by atoms with van der Waals surface area (Å²) in [6.45, 7) is 1.00. The summed E-state index contributed by atoms with van der Waals surface area (Å²) in [6.07, 6.45) is 7.02. The molecule has 0 aromatic heterocycles. The molecule has 0 aromatic rings. The highest BCUT2D eigenvalue weighted by molar-refractivity contribution is 8.00. The van der Waals surface area contributed by atoms with Gasteiger partial charge in [0, 0.05) is 18.4 Å². The zero-order chi connectivity index (χ0) is 12.0. The van der Waals surface area contributed by atoms with E-state index in [4.69, 9.17) is 10.5 Å². The van der Waals surface area contributed by atoms with Crippen molar-refractivity contribution in [2.24, 2.45) is 5.73 Å². The van der Waals surface area contributed by atoms with Crippen molar-refractivity contribution < 1.29 is 9.53 Å². The maximum Gasteiger partial charge on any atom is 0.239 e. The summed E-state index contributed by atoms with van der Waals surface area (Å²) in [6, 6.07) is -0.551. The molecule has 0 spiro atoms. The molecule has 0 aliphatic heterocycles. The molecule has 16 heavy (non-hydrogen) atoms. The maximum atomic E-state index is 11.6. The molecule has 0 heterocycles. The fourth-order valence-corrected chi connectivity index (χ4v) is 3.02. The summed E-state index contributed by atoms with van der Waals surface area (Å²) in [5.41, 5.74) is 5.65. The van der Waals surface area contributed by atoms with Gasteiger partial charge in [0.1, 0.15) is 6.04 Å². The molecule has 1 rings (SSSR count). The predicted molar refractivity (Wildman–Crippen MR) is 67.6 cm³/mol. The zero-order valence-corrected chi connectivity index (χ0v) is 10.9. The average Bonchev–Trinajstić information content (AvgIpc) is 2.75. The first-order valence-electron chi connectivity index (χ1n) is 5.71. The van der Waals surface area contributed by atoms with Crippen LogP contribution in [0.1, 0.15) is 25.7 Å². The largest absolute Gasteiger partial charge is 0.383 e. The number of hydrogen-bond acceptors (Lipinski definition) is 4. The van der Waals surface area contributed by atoms with Crippen LogP contribution in [0.3, 0.4) is 0 Å². The van der Waals surface area contributed by atoms with Crippen molar-refractivity contribution in [2.75, 3.05) is 26.5 Å². The standard InChI is InChI=1S/C11H22N2O2S/c1-15-7-9(12)10(14)13-8-11(16-2)5-3-4-6-11/h9H,3-8,12H2,1-2H3,(H,13,14). The third-order valence-electron chi connectivity index (χ3n) is 3.22. The molecular weight excluding hydrogens is 224 g/mol. The topological polar surface area (TPSA) is 64.3 Å². The Morgan fingerprint density at radius 3 is 2.69 bits per heavy atom. The van der Waals surface area contributed by atoms with Crippen molar-refractivity contribution in [3.8, 4) is 0 Å². The van der Waals surface area contributed by atoms with Gasteiger partial charge < -0.3 is 15.8 Å². The van der Waals surface area contributed by atoms with E-state index in [1.54, 1.807) is 7.11 Å². The first kappa shape index (κ1) is 13.8. The van der Waals surface area contributed by atoms with Gasteiger partial charge in [-0.25, -0.2) is 0 Å². The third-order valence-corrected chi connectivity index (χ3v) is 4.63. The lowest BCUT2D eigenvalue weighted by Gasteiger charge is -2.27. The molecule has 1 fully saturated rings. The monoisotopic (exact) mass is 246 g/mol. The summed E-state index contributed by atoms with van der Waals surface area (Å²) in [7, 11) is 1.55. The minimum Gasteiger partial charge on any atom is -0.383 e. The number of ether oxygens (including phenoxy) is 1. The first-order valence-corrected chi connectivity index (χ1v) is 6.93. The zero-order valence-electron chi connectivity index (χ0n) is 10.1. The quantitative estimate of drug-likeness (QED) is 0.726. The van der Waals surface area contributed by atoms with E-state index in [0.717, 1.165) is 6.54 Å². The Bertz CT molecular complexity index is 230. The van der Waals surface area contributed by atoms with Crippen molar-refractivity contribution in [3.05, 3.63) is 0 Å². The Morgan fingerprint density at radius 2 is 2.19 bits per heavy atom. The van der Waals surface area contributed by atoms with Crippen LogP contribution in [0.15, 0.2) is 0 Å². The number of nitrogens with two attached hydrogens (primary N) is 1. The van der Waals surface area contributed by atoms with Crippen LogP contribution >= 0.6 is 11.8 Å². The van der Waals surface area contributed by atoms with E-state index < -0.39 is 6.04 Å². The number of methoxy groups -OCH3 is 1. The van der Waals surface area contributed by atoms with Gasteiger partial charge >= 0.3 is 0 Å². The van der Waals surface area contributed by atoms with E-state index in [2.05, 4.69) is 11.6 Å². The Balaban J connectivity index is 2.35. The molecule has 1 saturated carbocycles. The molecular formula is C11H22N2O2S. The molecule has 0 aromatic carbocycles. The molecule has 5 heteroatoms. The number of hydrogen-bond donors (Lipinski definition) is 2. The van der Waals surface area contributed by atoms with Crippen LogP contribution in [0.25, 0.3) is 0 Å². The molecule has 1 aliphatic carbocycles. The molecule has 1 atom stereocenters. The van der Waals surface area contributed by atoms with Crippen LogP contribution in [0, 0.1) is 0 Å².